The number of halogens is 1. The Morgan fingerprint density at radius 1 is 1.15 bits per heavy atom. The molecule has 0 heterocycles. The molecule has 0 aliphatic rings. The summed E-state index contributed by atoms with van der Waals surface area (Å²) < 4.78 is 5.55. The van der Waals surface area contributed by atoms with Crippen LogP contribution in [-0.4, -0.2) is 31.7 Å². The molecule has 5 nitrogen and oxygen atoms in total. The van der Waals surface area contributed by atoms with E-state index in [1.807, 2.05) is 37.4 Å². The maximum Gasteiger partial charge on any atom is 0.313 e. The van der Waals surface area contributed by atoms with Gasteiger partial charge in [0.05, 0.1) is 6.54 Å². The lowest BCUT2D eigenvalue weighted by molar-refractivity contribution is -0.137. The van der Waals surface area contributed by atoms with E-state index in [2.05, 4.69) is 10.6 Å². The molecule has 2 N–H and O–H groups in total. The van der Waals surface area contributed by atoms with Crippen LogP contribution in [0.4, 0.5) is 5.69 Å². The first kappa shape index (κ1) is 20.3. The summed E-state index contributed by atoms with van der Waals surface area (Å²) in [6, 6.07) is 14.5. The van der Waals surface area contributed by atoms with Crippen LogP contribution in [0.2, 0.25) is 5.02 Å². The lowest BCUT2D eigenvalue weighted by atomic mass is 9.95. The van der Waals surface area contributed by atoms with E-state index in [-0.39, 0.29) is 6.54 Å². The van der Waals surface area contributed by atoms with Gasteiger partial charge in [0.25, 0.3) is 0 Å². The summed E-state index contributed by atoms with van der Waals surface area (Å²) >= 11 is 7.58. The molecule has 1 unspecified atom stereocenters. The highest BCUT2D eigenvalue weighted by atomic mass is 35.5. The van der Waals surface area contributed by atoms with Crippen molar-refractivity contribution in [3.63, 3.8) is 0 Å². The SMILES string of the molecule is COC(C)(CNC(=O)C(=O)Nc1cccc(SC)c1)c1cccc(Cl)c1. The number of methoxy groups -OCH3 is 1. The largest absolute Gasteiger partial charge is 0.372 e. The van der Waals surface area contributed by atoms with Crippen molar-refractivity contribution in [2.75, 3.05) is 25.2 Å². The van der Waals surface area contributed by atoms with E-state index in [0.29, 0.717) is 10.7 Å². The topological polar surface area (TPSA) is 67.4 Å². The van der Waals surface area contributed by atoms with E-state index in [1.165, 1.54) is 0 Å². The molecule has 2 amide bonds. The molecule has 0 aliphatic carbocycles. The van der Waals surface area contributed by atoms with Gasteiger partial charge in [-0.1, -0.05) is 29.8 Å². The molecule has 1 atom stereocenters. The summed E-state index contributed by atoms with van der Waals surface area (Å²) in [6.07, 6.45) is 1.94. The summed E-state index contributed by atoms with van der Waals surface area (Å²) in [5.74, 6) is -1.46. The minimum atomic E-state index is -0.806. The maximum atomic E-state index is 12.2. The van der Waals surface area contributed by atoms with Gasteiger partial charge in [-0.15, -0.1) is 11.8 Å². The molecule has 0 fully saturated rings. The van der Waals surface area contributed by atoms with Crippen molar-refractivity contribution in [2.24, 2.45) is 0 Å². The Kier molecular flexibility index (Phi) is 7.08. The fourth-order valence-corrected chi connectivity index (χ4v) is 2.98. The lowest BCUT2D eigenvalue weighted by Crippen LogP contribution is -2.44. The Bertz CT molecular complexity index is 800. The number of carbonyl (C=O) groups is 2. The Balaban J connectivity index is 2.00. The summed E-state index contributed by atoms with van der Waals surface area (Å²) in [5, 5.41) is 5.78. The smallest absolute Gasteiger partial charge is 0.313 e. The number of anilines is 1. The van der Waals surface area contributed by atoms with Crippen molar-refractivity contribution < 1.29 is 14.3 Å². The van der Waals surface area contributed by atoms with Gasteiger partial charge in [0.15, 0.2) is 0 Å². The van der Waals surface area contributed by atoms with E-state index >= 15 is 0 Å². The zero-order chi connectivity index (χ0) is 19.2. The van der Waals surface area contributed by atoms with Crippen molar-refractivity contribution in [2.45, 2.75) is 17.4 Å². The van der Waals surface area contributed by atoms with Crippen LogP contribution in [0.1, 0.15) is 12.5 Å². The molecule has 0 radical (unpaired) electrons. The third-order valence-corrected chi connectivity index (χ3v) is 4.97. The van der Waals surface area contributed by atoms with Gasteiger partial charge in [-0.25, -0.2) is 0 Å². The average Bonchev–Trinajstić information content (AvgIpc) is 2.65. The number of carbonyl (C=O) groups excluding carboxylic acids is 2. The Labute approximate surface area is 162 Å². The number of benzene rings is 2. The third-order valence-electron chi connectivity index (χ3n) is 4.01. The van der Waals surface area contributed by atoms with E-state index < -0.39 is 17.4 Å². The Hall–Kier alpha value is -2.02. The van der Waals surface area contributed by atoms with Gasteiger partial charge in [-0.05, 0) is 49.1 Å². The van der Waals surface area contributed by atoms with Crippen molar-refractivity contribution in [3.05, 3.63) is 59.1 Å². The zero-order valence-corrected chi connectivity index (χ0v) is 16.4. The minimum absolute atomic E-state index is 0.126. The summed E-state index contributed by atoms with van der Waals surface area (Å²) in [4.78, 5) is 25.3. The summed E-state index contributed by atoms with van der Waals surface area (Å²) in [7, 11) is 1.54. The molecular formula is C19H21ClN2O3S. The normalized spacial score (nSPS) is 12.9. The zero-order valence-electron chi connectivity index (χ0n) is 14.8. The fourth-order valence-electron chi connectivity index (χ4n) is 2.33. The van der Waals surface area contributed by atoms with Crippen LogP contribution < -0.4 is 10.6 Å². The van der Waals surface area contributed by atoms with E-state index in [9.17, 15) is 9.59 Å². The molecule has 0 saturated carbocycles. The number of hydrogen-bond donors (Lipinski definition) is 2. The molecule has 2 rings (SSSR count). The van der Waals surface area contributed by atoms with Gasteiger partial charge >= 0.3 is 11.8 Å². The predicted molar refractivity (Wildman–Crippen MR) is 106 cm³/mol. The average molecular weight is 393 g/mol. The highest BCUT2D eigenvalue weighted by Gasteiger charge is 2.28. The molecule has 0 spiro atoms. The monoisotopic (exact) mass is 392 g/mol. The second-order valence-electron chi connectivity index (χ2n) is 5.81. The molecule has 138 valence electrons. The molecular weight excluding hydrogens is 372 g/mol. The van der Waals surface area contributed by atoms with Crippen LogP contribution >= 0.6 is 23.4 Å². The predicted octanol–water partition coefficient (Wildman–Crippen LogP) is 3.68. The van der Waals surface area contributed by atoms with Crippen molar-refractivity contribution in [3.8, 4) is 0 Å². The number of hydrogen-bond acceptors (Lipinski definition) is 4. The van der Waals surface area contributed by atoms with Gasteiger partial charge in [0, 0.05) is 22.7 Å². The third kappa shape index (κ3) is 5.24. The Morgan fingerprint density at radius 3 is 2.54 bits per heavy atom. The minimum Gasteiger partial charge on any atom is -0.372 e. The van der Waals surface area contributed by atoms with Crippen LogP contribution in [0.15, 0.2) is 53.4 Å². The molecule has 26 heavy (non-hydrogen) atoms. The van der Waals surface area contributed by atoms with Crippen LogP contribution in [0.3, 0.4) is 0 Å². The molecule has 0 aromatic heterocycles. The molecule has 2 aromatic carbocycles. The number of nitrogens with one attached hydrogen (secondary N) is 2. The highest BCUT2D eigenvalue weighted by Crippen LogP contribution is 2.26. The second kappa shape index (κ2) is 9.07. The first-order valence-electron chi connectivity index (χ1n) is 7.92. The molecule has 0 saturated heterocycles. The van der Waals surface area contributed by atoms with E-state index in [0.717, 1.165) is 10.5 Å². The number of rotatable bonds is 6. The quantitative estimate of drug-likeness (QED) is 0.581. The molecule has 7 heteroatoms. The standard InChI is InChI=1S/C19H21ClN2O3S/c1-19(25-2,13-6-4-7-14(20)10-13)12-21-17(23)18(24)22-15-8-5-9-16(11-15)26-3/h4-11H,12H2,1-3H3,(H,21,23)(H,22,24). The molecule has 0 bridgehead atoms. The number of thioether (sulfide) groups is 1. The van der Waals surface area contributed by atoms with Crippen LogP contribution in [-0.2, 0) is 19.9 Å². The molecule has 2 aromatic rings. The van der Waals surface area contributed by atoms with Gasteiger partial charge < -0.3 is 15.4 Å². The van der Waals surface area contributed by atoms with Gasteiger partial charge in [0.1, 0.15) is 5.60 Å². The van der Waals surface area contributed by atoms with Crippen LogP contribution in [0.5, 0.6) is 0 Å². The first-order chi connectivity index (χ1) is 12.4. The second-order valence-corrected chi connectivity index (χ2v) is 7.13. The summed E-state index contributed by atoms with van der Waals surface area (Å²) in [6.45, 7) is 1.94. The van der Waals surface area contributed by atoms with Crippen molar-refractivity contribution in [1.82, 2.24) is 5.32 Å². The Morgan fingerprint density at radius 2 is 1.88 bits per heavy atom. The summed E-state index contributed by atoms with van der Waals surface area (Å²) in [5.41, 5.74) is 0.571. The molecule has 0 aliphatic heterocycles. The first-order valence-corrected chi connectivity index (χ1v) is 9.52. The van der Waals surface area contributed by atoms with Crippen LogP contribution in [0, 0.1) is 0 Å². The van der Waals surface area contributed by atoms with Gasteiger partial charge in [0.2, 0.25) is 0 Å². The van der Waals surface area contributed by atoms with Crippen molar-refractivity contribution in [1.29, 1.82) is 0 Å². The number of amides is 2. The van der Waals surface area contributed by atoms with Gasteiger partial charge in [-0.3, -0.25) is 9.59 Å². The fraction of sp³-hybridized carbons (Fsp3) is 0.263. The maximum absolute atomic E-state index is 12.2. The number of ether oxygens (including phenoxy) is 1. The van der Waals surface area contributed by atoms with Gasteiger partial charge in [-0.2, -0.15) is 0 Å². The van der Waals surface area contributed by atoms with E-state index in [4.69, 9.17) is 16.3 Å². The van der Waals surface area contributed by atoms with Crippen molar-refractivity contribution >= 4 is 40.9 Å². The van der Waals surface area contributed by atoms with Crippen LogP contribution in [0.25, 0.3) is 0 Å². The van der Waals surface area contributed by atoms with E-state index in [1.54, 1.807) is 43.1 Å². The highest BCUT2D eigenvalue weighted by molar-refractivity contribution is 7.98. The lowest BCUT2D eigenvalue weighted by Gasteiger charge is -2.29.